The second-order valence-electron chi connectivity index (χ2n) is 4.89. The van der Waals surface area contributed by atoms with E-state index in [-0.39, 0.29) is 12.3 Å². The molecular weight excluding hydrogens is 243 g/mol. The molecule has 2 aliphatic heterocycles. The molecule has 5 heteroatoms. The maximum atomic E-state index is 11.8. The van der Waals surface area contributed by atoms with Crippen LogP contribution in [0.5, 0.6) is 0 Å². The molecule has 2 aliphatic rings. The number of hydrogen-bond donors (Lipinski definition) is 0. The van der Waals surface area contributed by atoms with Crippen LogP contribution >= 0.6 is 0 Å². The number of ether oxygens (including phenoxy) is 3. The first-order valence-corrected chi connectivity index (χ1v) is 6.54. The van der Waals surface area contributed by atoms with Crippen molar-refractivity contribution in [3.8, 4) is 0 Å². The van der Waals surface area contributed by atoms with Gasteiger partial charge in [-0.3, -0.25) is 0 Å². The molecule has 1 fully saturated rings. The predicted octanol–water partition coefficient (Wildman–Crippen LogP) is 1.72. The third kappa shape index (κ3) is 2.40. The largest absolute Gasteiger partial charge is 0.461 e. The molecule has 0 saturated carbocycles. The molecule has 2 heterocycles. The van der Waals surface area contributed by atoms with Gasteiger partial charge in [-0.1, -0.05) is 18.2 Å². The summed E-state index contributed by atoms with van der Waals surface area (Å²) >= 11 is 0. The lowest BCUT2D eigenvalue weighted by Crippen LogP contribution is -2.31. The number of carbonyl (C=O) groups excluding carboxylic acids is 1. The maximum Gasteiger partial charge on any atom is 0.338 e. The summed E-state index contributed by atoms with van der Waals surface area (Å²) in [5.74, 6) is -0.358. The summed E-state index contributed by atoms with van der Waals surface area (Å²) in [6, 6.07) is 7.23. The summed E-state index contributed by atoms with van der Waals surface area (Å²) in [4.78, 5) is 11.8. The van der Waals surface area contributed by atoms with Gasteiger partial charge in [-0.15, -0.1) is 0 Å². The third-order valence-corrected chi connectivity index (χ3v) is 3.53. The molecule has 2 radical (unpaired) electrons. The van der Waals surface area contributed by atoms with Gasteiger partial charge in [0.25, 0.3) is 0 Å². The standard InChI is InChI=1S/C14H15BO4/c15-14(7-6-12-17-8-3-9-18-12)11-5-2-1-4-10(11)13(16)19-14/h1-2,4-5,12H,3,6-9H2. The zero-order valence-electron chi connectivity index (χ0n) is 10.6. The van der Waals surface area contributed by atoms with E-state index in [0.29, 0.717) is 31.6 Å². The van der Waals surface area contributed by atoms with Gasteiger partial charge >= 0.3 is 5.97 Å². The molecule has 0 aliphatic carbocycles. The lowest BCUT2D eigenvalue weighted by molar-refractivity contribution is -0.184. The van der Waals surface area contributed by atoms with Crippen LogP contribution in [0.1, 0.15) is 35.2 Å². The Morgan fingerprint density at radius 3 is 2.79 bits per heavy atom. The number of cyclic esters (lactones) is 1. The van der Waals surface area contributed by atoms with E-state index < -0.39 is 5.50 Å². The smallest absolute Gasteiger partial charge is 0.338 e. The first-order chi connectivity index (χ1) is 9.19. The molecule has 0 aromatic heterocycles. The Morgan fingerprint density at radius 1 is 1.26 bits per heavy atom. The van der Waals surface area contributed by atoms with Crippen molar-refractivity contribution in [2.75, 3.05) is 13.2 Å². The average molecular weight is 258 g/mol. The highest BCUT2D eigenvalue weighted by atomic mass is 16.7. The van der Waals surface area contributed by atoms with Gasteiger partial charge in [-0.05, 0) is 18.9 Å². The van der Waals surface area contributed by atoms with E-state index in [1.807, 2.05) is 12.1 Å². The van der Waals surface area contributed by atoms with Crippen LogP contribution < -0.4 is 0 Å². The highest BCUT2D eigenvalue weighted by Crippen LogP contribution is 2.37. The van der Waals surface area contributed by atoms with Crippen molar-refractivity contribution in [1.82, 2.24) is 0 Å². The fourth-order valence-electron chi connectivity index (χ4n) is 2.53. The molecule has 1 unspecified atom stereocenters. The van der Waals surface area contributed by atoms with Crippen LogP contribution in [-0.2, 0) is 19.7 Å². The molecule has 1 atom stereocenters. The lowest BCUT2D eigenvalue weighted by atomic mass is 9.72. The van der Waals surface area contributed by atoms with E-state index in [0.717, 1.165) is 12.0 Å². The van der Waals surface area contributed by atoms with Crippen molar-refractivity contribution in [3.63, 3.8) is 0 Å². The Bertz CT molecular complexity index is 484. The van der Waals surface area contributed by atoms with Gasteiger partial charge < -0.3 is 14.2 Å². The van der Waals surface area contributed by atoms with Crippen molar-refractivity contribution in [3.05, 3.63) is 35.4 Å². The van der Waals surface area contributed by atoms with Gasteiger partial charge in [0.05, 0.1) is 24.3 Å². The molecule has 1 aromatic carbocycles. The van der Waals surface area contributed by atoms with Crippen molar-refractivity contribution in [1.29, 1.82) is 0 Å². The van der Waals surface area contributed by atoms with Crippen LogP contribution in [-0.4, -0.2) is 33.3 Å². The molecule has 0 spiro atoms. The molecule has 3 rings (SSSR count). The van der Waals surface area contributed by atoms with Gasteiger partial charge in [0, 0.05) is 12.0 Å². The minimum atomic E-state index is -1.06. The second kappa shape index (κ2) is 4.98. The van der Waals surface area contributed by atoms with E-state index in [9.17, 15) is 4.79 Å². The quantitative estimate of drug-likeness (QED) is 0.611. The Balaban J connectivity index is 1.72. The fourth-order valence-corrected chi connectivity index (χ4v) is 2.53. The summed E-state index contributed by atoms with van der Waals surface area (Å²) in [5, 5.41) is 0. The van der Waals surface area contributed by atoms with Gasteiger partial charge in [-0.25, -0.2) is 4.79 Å². The summed E-state index contributed by atoms with van der Waals surface area (Å²) in [6.45, 7) is 1.41. The zero-order chi connectivity index (χ0) is 13.3. The molecule has 0 bridgehead atoms. The van der Waals surface area contributed by atoms with Crippen LogP contribution in [0.2, 0.25) is 0 Å². The van der Waals surface area contributed by atoms with Gasteiger partial charge in [0.1, 0.15) is 7.85 Å². The van der Waals surface area contributed by atoms with Crippen molar-refractivity contribution >= 4 is 13.8 Å². The molecule has 1 aromatic rings. The van der Waals surface area contributed by atoms with Crippen molar-refractivity contribution in [2.24, 2.45) is 0 Å². The summed E-state index contributed by atoms with van der Waals surface area (Å²) < 4.78 is 16.3. The Morgan fingerprint density at radius 2 is 2.00 bits per heavy atom. The van der Waals surface area contributed by atoms with Crippen LogP contribution in [0.25, 0.3) is 0 Å². The van der Waals surface area contributed by atoms with E-state index >= 15 is 0 Å². The normalized spacial score (nSPS) is 27.1. The molecule has 98 valence electrons. The van der Waals surface area contributed by atoms with Crippen LogP contribution in [0.3, 0.4) is 0 Å². The molecule has 0 amide bonds. The van der Waals surface area contributed by atoms with Crippen molar-refractivity contribution < 1.29 is 19.0 Å². The molecule has 4 nitrogen and oxygen atoms in total. The molecule has 0 N–H and O–H groups in total. The van der Waals surface area contributed by atoms with Crippen molar-refractivity contribution in [2.45, 2.75) is 31.1 Å². The highest BCUT2D eigenvalue weighted by molar-refractivity contribution is 6.18. The monoisotopic (exact) mass is 258 g/mol. The Hall–Kier alpha value is -1.33. The van der Waals surface area contributed by atoms with Crippen LogP contribution in [0.4, 0.5) is 0 Å². The van der Waals surface area contributed by atoms with Gasteiger partial charge in [0.15, 0.2) is 6.29 Å². The Labute approximate surface area is 113 Å². The molecule has 1 saturated heterocycles. The Kier molecular flexibility index (Phi) is 3.33. The predicted molar refractivity (Wildman–Crippen MR) is 68.8 cm³/mol. The molecule has 19 heavy (non-hydrogen) atoms. The van der Waals surface area contributed by atoms with Gasteiger partial charge in [-0.2, -0.15) is 0 Å². The van der Waals surface area contributed by atoms with E-state index in [1.165, 1.54) is 0 Å². The average Bonchev–Trinajstić information content (AvgIpc) is 2.71. The first-order valence-electron chi connectivity index (χ1n) is 6.54. The molecular formula is C14H15BO4. The number of rotatable bonds is 3. The SMILES string of the molecule is [B]C1(CCC2OCCCO2)OC(=O)c2ccccc21. The number of esters is 1. The highest BCUT2D eigenvalue weighted by Gasteiger charge is 2.40. The number of benzene rings is 1. The first kappa shape index (κ1) is 12.7. The summed E-state index contributed by atoms with van der Waals surface area (Å²) in [7, 11) is 6.22. The second-order valence-corrected chi connectivity index (χ2v) is 4.89. The van der Waals surface area contributed by atoms with E-state index in [4.69, 9.17) is 22.1 Å². The summed E-state index contributed by atoms with van der Waals surface area (Å²) in [6.07, 6.45) is 1.77. The van der Waals surface area contributed by atoms with E-state index in [1.54, 1.807) is 12.1 Å². The topological polar surface area (TPSA) is 44.8 Å². The minimum Gasteiger partial charge on any atom is -0.461 e. The number of hydrogen-bond acceptors (Lipinski definition) is 4. The zero-order valence-corrected chi connectivity index (χ0v) is 10.6. The third-order valence-electron chi connectivity index (χ3n) is 3.53. The lowest BCUT2D eigenvalue weighted by Gasteiger charge is -2.29. The van der Waals surface area contributed by atoms with Gasteiger partial charge in [0.2, 0.25) is 0 Å². The summed E-state index contributed by atoms with van der Waals surface area (Å²) in [5.41, 5.74) is 0.240. The number of carbonyl (C=O) groups is 1. The maximum absolute atomic E-state index is 11.8. The number of fused-ring (bicyclic) bond motifs is 1. The van der Waals surface area contributed by atoms with Crippen LogP contribution in [0, 0.1) is 0 Å². The van der Waals surface area contributed by atoms with Crippen LogP contribution in [0.15, 0.2) is 24.3 Å². The minimum absolute atomic E-state index is 0.249. The fraction of sp³-hybridized carbons (Fsp3) is 0.500. The van der Waals surface area contributed by atoms with E-state index in [2.05, 4.69) is 0 Å².